The Bertz CT molecular complexity index is 1080. The number of nitrogens with zero attached hydrogens (tertiary/aromatic N) is 2. The first-order chi connectivity index (χ1) is 16.8. The molecule has 35 heavy (non-hydrogen) atoms. The third kappa shape index (κ3) is 4.17. The molecular formula is C29H43N3O3. The summed E-state index contributed by atoms with van der Waals surface area (Å²) in [5.41, 5.74) is 3.37. The monoisotopic (exact) mass is 481 g/mol. The van der Waals surface area contributed by atoms with Gasteiger partial charge < -0.3 is 19.4 Å². The fourth-order valence-electron chi connectivity index (χ4n) is 7.52. The lowest BCUT2D eigenvalue weighted by atomic mass is 9.68. The van der Waals surface area contributed by atoms with E-state index in [0.29, 0.717) is 5.92 Å². The number of nitrogens with one attached hydrogen (secondary N) is 1. The van der Waals surface area contributed by atoms with E-state index in [4.69, 9.17) is 9.47 Å². The number of fused-ring (bicyclic) bond motifs is 3. The van der Waals surface area contributed by atoms with Crippen LogP contribution in [0, 0.1) is 16.7 Å². The van der Waals surface area contributed by atoms with Gasteiger partial charge in [-0.15, -0.1) is 0 Å². The predicted octanol–water partition coefficient (Wildman–Crippen LogP) is 4.88. The van der Waals surface area contributed by atoms with Crippen LogP contribution in [0.5, 0.6) is 5.75 Å². The van der Waals surface area contributed by atoms with Crippen molar-refractivity contribution in [1.29, 1.82) is 0 Å². The van der Waals surface area contributed by atoms with Crippen LogP contribution in [-0.2, 0) is 17.7 Å². The molecule has 1 aromatic carbocycles. The molecule has 3 aliphatic rings. The molecule has 2 saturated carbocycles. The molecule has 6 heteroatoms. The van der Waals surface area contributed by atoms with Gasteiger partial charge >= 0.3 is 0 Å². The average Bonchev–Trinajstić information content (AvgIpc) is 3.45. The molecule has 2 unspecified atom stereocenters. The maximum atomic E-state index is 14.1. The summed E-state index contributed by atoms with van der Waals surface area (Å²) in [6.45, 7) is 14.6. The number of benzene rings is 1. The van der Waals surface area contributed by atoms with E-state index in [1.807, 2.05) is 12.1 Å². The number of ether oxygens (including phenoxy) is 2. The summed E-state index contributed by atoms with van der Waals surface area (Å²) in [6, 6.07) is 6.34. The van der Waals surface area contributed by atoms with E-state index in [1.165, 1.54) is 19.3 Å². The Kier molecular flexibility index (Phi) is 6.64. The van der Waals surface area contributed by atoms with E-state index < -0.39 is 0 Å². The van der Waals surface area contributed by atoms with Gasteiger partial charge in [0.2, 0.25) is 0 Å². The zero-order valence-electron chi connectivity index (χ0n) is 22.3. The quantitative estimate of drug-likeness (QED) is 0.584. The molecule has 0 spiro atoms. The molecule has 1 saturated heterocycles. The Hall–Kier alpha value is -2.05. The van der Waals surface area contributed by atoms with Crippen molar-refractivity contribution < 1.29 is 14.3 Å². The van der Waals surface area contributed by atoms with E-state index in [9.17, 15) is 4.79 Å². The van der Waals surface area contributed by atoms with Crippen molar-refractivity contribution in [3.8, 4) is 5.75 Å². The number of carbonyl (C=O) groups is 1. The van der Waals surface area contributed by atoms with Crippen molar-refractivity contribution in [1.82, 2.24) is 14.8 Å². The number of hydrogen-bond donors (Lipinski definition) is 1. The molecule has 6 nitrogen and oxygen atoms in total. The minimum Gasteiger partial charge on any atom is -0.495 e. The lowest BCUT2D eigenvalue weighted by molar-refractivity contribution is 0.0364. The molecule has 5 rings (SSSR count). The highest BCUT2D eigenvalue weighted by atomic mass is 16.5. The van der Waals surface area contributed by atoms with Crippen molar-refractivity contribution in [2.45, 2.75) is 72.4 Å². The minimum absolute atomic E-state index is 0.0867. The largest absolute Gasteiger partial charge is 0.495 e. The molecule has 0 radical (unpaired) electrons. The lowest BCUT2D eigenvalue weighted by Crippen LogP contribution is -2.52. The predicted molar refractivity (Wildman–Crippen MR) is 140 cm³/mol. The molecule has 2 heterocycles. The van der Waals surface area contributed by atoms with Gasteiger partial charge in [0.25, 0.3) is 5.91 Å². The van der Waals surface area contributed by atoms with Gasteiger partial charge in [0, 0.05) is 43.3 Å². The van der Waals surface area contributed by atoms with Gasteiger partial charge in [-0.1, -0.05) is 46.2 Å². The van der Waals surface area contributed by atoms with Crippen LogP contribution in [0.3, 0.4) is 0 Å². The number of methoxy groups -OCH3 is 1. The first kappa shape index (κ1) is 24.6. The zero-order chi connectivity index (χ0) is 24.8. The van der Waals surface area contributed by atoms with Gasteiger partial charge in [0.1, 0.15) is 5.75 Å². The first-order valence-corrected chi connectivity index (χ1v) is 13.6. The van der Waals surface area contributed by atoms with Gasteiger partial charge in [0.15, 0.2) is 0 Å². The summed E-state index contributed by atoms with van der Waals surface area (Å²) < 4.78 is 13.7. The Balaban J connectivity index is 1.54. The van der Waals surface area contributed by atoms with Gasteiger partial charge in [-0.05, 0) is 48.5 Å². The zero-order valence-corrected chi connectivity index (χ0v) is 22.3. The van der Waals surface area contributed by atoms with Crippen molar-refractivity contribution in [3.63, 3.8) is 0 Å². The maximum absolute atomic E-state index is 14.1. The molecule has 192 valence electrons. The molecule has 3 fully saturated rings. The Morgan fingerprint density at radius 3 is 2.63 bits per heavy atom. The number of amides is 1. The molecule has 1 amide bonds. The maximum Gasteiger partial charge on any atom is 0.254 e. The number of aromatic nitrogens is 1. The van der Waals surface area contributed by atoms with Crippen LogP contribution in [-0.4, -0.2) is 61.4 Å². The van der Waals surface area contributed by atoms with Crippen LogP contribution in [0.25, 0.3) is 10.9 Å². The normalized spacial score (nSPS) is 28.0. The third-order valence-corrected chi connectivity index (χ3v) is 9.38. The lowest BCUT2D eigenvalue weighted by Gasteiger charge is -2.43. The standard InChI is InChI=1S/C29H43N3O3/c1-6-8-22-24(26(33)30-27-28(2,3)20-11-12-29(27,4)19-20)21-9-7-10-23(34-5)25(21)32(22)14-13-31-15-17-35-18-16-31/h7,9-10,20,27H,6,8,11-19H2,1-5H3,(H,30,33)/t20?,27-,29?/m0/s1. The number of rotatable bonds is 8. The fourth-order valence-corrected chi connectivity index (χ4v) is 7.52. The van der Waals surface area contributed by atoms with Crippen LogP contribution in [0.1, 0.15) is 69.4 Å². The highest BCUT2D eigenvalue weighted by Crippen LogP contribution is 2.62. The molecule has 1 N–H and O–H groups in total. The second kappa shape index (κ2) is 9.44. The summed E-state index contributed by atoms with van der Waals surface area (Å²) in [6.07, 6.45) is 5.59. The number of hydrogen-bond acceptors (Lipinski definition) is 4. The summed E-state index contributed by atoms with van der Waals surface area (Å²) in [7, 11) is 1.73. The summed E-state index contributed by atoms with van der Waals surface area (Å²) in [4.78, 5) is 16.6. The Morgan fingerprint density at radius 2 is 1.97 bits per heavy atom. The second-order valence-electron chi connectivity index (χ2n) is 11.9. The van der Waals surface area contributed by atoms with Gasteiger partial charge in [-0.25, -0.2) is 0 Å². The second-order valence-corrected chi connectivity index (χ2v) is 11.9. The molecule has 2 aliphatic carbocycles. The van der Waals surface area contributed by atoms with Crippen LogP contribution < -0.4 is 10.1 Å². The summed E-state index contributed by atoms with van der Waals surface area (Å²) in [5, 5.41) is 4.60. The van der Waals surface area contributed by atoms with Crippen LogP contribution in [0.15, 0.2) is 18.2 Å². The Labute approximate surface area is 210 Å². The highest BCUT2D eigenvalue weighted by molar-refractivity contribution is 6.10. The highest BCUT2D eigenvalue weighted by Gasteiger charge is 2.59. The fraction of sp³-hybridized carbons (Fsp3) is 0.690. The van der Waals surface area contributed by atoms with E-state index in [0.717, 1.165) is 80.1 Å². The van der Waals surface area contributed by atoms with Crippen molar-refractivity contribution in [2.75, 3.05) is 40.0 Å². The third-order valence-electron chi connectivity index (χ3n) is 9.38. The topological polar surface area (TPSA) is 55.7 Å². The molecule has 2 aromatic rings. The molecule has 3 atom stereocenters. The van der Waals surface area contributed by atoms with Crippen molar-refractivity contribution >= 4 is 16.8 Å². The SMILES string of the molecule is CCCc1c(C(=O)N[C@@H]2C3(C)CCC(C3)C2(C)C)c2cccc(OC)c2n1CCN1CCOCC1. The molecule has 1 aliphatic heterocycles. The van der Waals surface area contributed by atoms with Gasteiger partial charge in [0.05, 0.1) is 31.4 Å². The minimum atomic E-state index is 0.0867. The van der Waals surface area contributed by atoms with Gasteiger partial charge in [-0.2, -0.15) is 0 Å². The average molecular weight is 482 g/mol. The number of morpholine rings is 1. The molecular weight excluding hydrogens is 438 g/mol. The Morgan fingerprint density at radius 1 is 1.20 bits per heavy atom. The van der Waals surface area contributed by atoms with Gasteiger partial charge in [-0.3, -0.25) is 9.69 Å². The summed E-state index contributed by atoms with van der Waals surface area (Å²) in [5.74, 6) is 1.62. The summed E-state index contributed by atoms with van der Waals surface area (Å²) >= 11 is 0. The van der Waals surface area contributed by atoms with Crippen LogP contribution in [0.2, 0.25) is 0 Å². The smallest absolute Gasteiger partial charge is 0.254 e. The number of carbonyl (C=O) groups excluding carboxylic acids is 1. The van der Waals surface area contributed by atoms with Crippen LogP contribution in [0.4, 0.5) is 0 Å². The van der Waals surface area contributed by atoms with Crippen LogP contribution >= 0.6 is 0 Å². The van der Waals surface area contributed by atoms with Crippen molar-refractivity contribution in [2.24, 2.45) is 16.7 Å². The number of para-hydroxylation sites is 1. The van der Waals surface area contributed by atoms with E-state index >= 15 is 0 Å². The van der Waals surface area contributed by atoms with E-state index in [1.54, 1.807) is 7.11 Å². The first-order valence-electron chi connectivity index (χ1n) is 13.6. The van der Waals surface area contributed by atoms with E-state index in [-0.39, 0.29) is 22.8 Å². The molecule has 2 bridgehead atoms. The molecule has 1 aromatic heterocycles. The van der Waals surface area contributed by atoms with E-state index in [2.05, 4.69) is 48.5 Å². The van der Waals surface area contributed by atoms with Crippen molar-refractivity contribution in [3.05, 3.63) is 29.5 Å².